The number of ketones is 1. The van der Waals surface area contributed by atoms with Crippen LogP contribution in [0.1, 0.15) is 29.9 Å². The summed E-state index contributed by atoms with van der Waals surface area (Å²) in [5.74, 6) is 1.13. The van der Waals surface area contributed by atoms with Gasteiger partial charge >= 0.3 is 0 Å². The molecule has 1 saturated heterocycles. The number of carbonyl (C=O) groups excluding carboxylic acids is 2. The highest BCUT2D eigenvalue weighted by Crippen LogP contribution is 2.34. The van der Waals surface area contributed by atoms with Crippen LogP contribution in [0.15, 0.2) is 48.5 Å². The summed E-state index contributed by atoms with van der Waals surface area (Å²) in [6.07, 6.45) is 1.24. The average molecular weight is 372 g/mol. The van der Waals surface area contributed by atoms with E-state index in [9.17, 15) is 9.59 Å². The Morgan fingerprint density at radius 2 is 1.85 bits per heavy atom. The van der Waals surface area contributed by atoms with Crippen LogP contribution in [0.4, 0.5) is 0 Å². The van der Waals surface area contributed by atoms with Crippen LogP contribution in [0.25, 0.3) is 0 Å². The zero-order valence-electron chi connectivity index (χ0n) is 14.7. The highest BCUT2D eigenvalue weighted by molar-refractivity contribution is 6.30. The molecule has 5 heteroatoms. The van der Waals surface area contributed by atoms with Crippen molar-refractivity contribution in [2.45, 2.75) is 25.2 Å². The SMILES string of the molecule is COc1ccc(C2CC(=O)NC[C@H]2CC(=O)Cc2ccc(Cl)cc2)cc1. The molecule has 1 N–H and O–H groups in total. The average Bonchev–Trinajstić information content (AvgIpc) is 2.65. The van der Waals surface area contributed by atoms with Crippen molar-refractivity contribution in [2.75, 3.05) is 13.7 Å². The molecule has 0 aromatic heterocycles. The highest BCUT2D eigenvalue weighted by Gasteiger charge is 2.31. The van der Waals surface area contributed by atoms with Crippen LogP contribution in [0.3, 0.4) is 0 Å². The maximum absolute atomic E-state index is 12.6. The fraction of sp³-hybridized carbons (Fsp3) is 0.333. The first kappa shape index (κ1) is 18.5. The minimum absolute atomic E-state index is 0.0345. The van der Waals surface area contributed by atoms with Gasteiger partial charge in [-0.05, 0) is 47.2 Å². The van der Waals surface area contributed by atoms with Gasteiger partial charge in [0.2, 0.25) is 5.91 Å². The molecule has 3 rings (SSSR count). The van der Waals surface area contributed by atoms with E-state index in [1.54, 1.807) is 19.2 Å². The lowest BCUT2D eigenvalue weighted by molar-refractivity contribution is -0.125. The fourth-order valence-electron chi connectivity index (χ4n) is 3.48. The van der Waals surface area contributed by atoms with Gasteiger partial charge in [0.15, 0.2) is 0 Å². The molecule has 136 valence electrons. The molecular weight excluding hydrogens is 350 g/mol. The van der Waals surface area contributed by atoms with E-state index >= 15 is 0 Å². The first-order valence-corrected chi connectivity index (χ1v) is 9.09. The number of benzene rings is 2. The zero-order valence-corrected chi connectivity index (χ0v) is 15.5. The number of rotatable bonds is 6. The van der Waals surface area contributed by atoms with Gasteiger partial charge in [0.25, 0.3) is 0 Å². The van der Waals surface area contributed by atoms with Crippen molar-refractivity contribution in [3.63, 3.8) is 0 Å². The van der Waals surface area contributed by atoms with Crippen molar-refractivity contribution in [3.8, 4) is 5.75 Å². The number of nitrogens with one attached hydrogen (secondary N) is 1. The second-order valence-corrected chi connectivity index (χ2v) is 7.13. The number of ether oxygens (including phenoxy) is 1. The molecule has 1 fully saturated rings. The number of methoxy groups -OCH3 is 1. The third-order valence-corrected chi connectivity index (χ3v) is 5.14. The Balaban J connectivity index is 1.69. The topological polar surface area (TPSA) is 55.4 Å². The van der Waals surface area contributed by atoms with Crippen LogP contribution in [-0.4, -0.2) is 25.3 Å². The highest BCUT2D eigenvalue weighted by atomic mass is 35.5. The van der Waals surface area contributed by atoms with E-state index < -0.39 is 0 Å². The summed E-state index contributed by atoms with van der Waals surface area (Å²) < 4.78 is 5.20. The van der Waals surface area contributed by atoms with Gasteiger partial charge in [0.1, 0.15) is 11.5 Å². The van der Waals surface area contributed by atoms with Crippen molar-refractivity contribution >= 4 is 23.3 Å². The molecule has 0 saturated carbocycles. The smallest absolute Gasteiger partial charge is 0.220 e. The third kappa shape index (κ3) is 4.64. The summed E-state index contributed by atoms with van der Waals surface area (Å²) in [7, 11) is 1.63. The Kier molecular flexibility index (Phi) is 5.94. The molecule has 1 unspecified atom stereocenters. The molecule has 26 heavy (non-hydrogen) atoms. The minimum Gasteiger partial charge on any atom is -0.497 e. The number of hydrogen-bond donors (Lipinski definition) is 1. The van der Waals surface area contributed by atoms with Gasteiger partial charge < -0.3 is 10.1 Å². The summed E-state index contributed by atoms with van der Waals surface area (Å²) in [4.78, 5) is 24.4. The van der Waals surface area contributed by atoms with Crippen molar-refractivity contribution in [1.29, 1.82) is 0 Å². The van der Waals surface area contributed by atoms with Crippen molar-refractivity contribution < 1.29 is 14.3 Å². The molecule has 1 amide bonds. The summed E-state index contributed by atoms with van der Waals surface area (Å²) >= 11 is 5.89. The molecule has 1 aliphatic heterocycles. The van der Waals surface area contributed by atoms with Crippen molar-refractivity contribution in [1.82, 2.24) is 5.32 Å². The predicted octanol–water partition coefficient (Wildman–Crippen LogP) is 3.77. The van der Waals surface area contributed by atoms with Crippen LogP contribution >= 0.6 is 11.6 Å². The van der Waals surface area contributed by atoms with Crippen LogP contribution in [-0.2, 0) is 16.0 Å². The fourth-order valence-corrected chi connectivity index (χ4v) is 3.60. The molecular formula is C21H22ClNO3. The molecule has 2 aromatic carbocycles. The number of Topliss-reactive ketones (excluding diaryl/α,β-unsaturated/α-hetero) is 1. The zero-order chi connectivity index (χ0) is 18.5. The summed E-state index contributed by atoms with van der Waals surface area (Å²) in [5.41, 5.74) is 2.03. The number of hydrogen-bond acceptors (Lipinski definition) is 3. The van der Waals surface area contributed by atoms with Gasteiger partial charge in [-0.1, -0.05) is 35.9 Å². The Morgan fingerprint density at radius 1 is 1.15 bits per heavy atom. The van der Waals surface area contributed by atoms with Crippen LogP contribution in [0, 0.1) is 5.92 Å². The minimum atomic E-state index is 0.0345. The second kappa shape index (κ2) is 8.37. The summed E-state index contributed by atoms with van der Waals surface area (Å²) in [5, 5.41) is 3.56. The van der Waals surface area contributed by atoms with Gasteiger partial charge in [-0.15, -0.1) is 0 Å². The number of piperidine rings is 1. The summed E-state index contributed by atoms with van der Waals surface area (Å²) in [6.45, 7) is 0.530. The van der Waals surface area contributed by atoms with E-state index in [4.69, 9.17) is 16.3 Å². The lowest BCUT2D eigenvalue weighted by atomic mass is 9.78. The predicted molar refractivity (Wildman–Crippen MR) is 102 cm³/mol. The molecule has 1 aliphatic rings. The van der Waals surface area contributed by atoms with E-state index in [0.29, 0.717) is 30.8 Å². The molecule has 0 spiro atoms. The van der Waals surface area contributed by atoms with E-state index in [1.165, 1.54) is 0 Å². The van der Waals surface area contributed by atoms with Crippen LogP contribution in [0.2, 0.25) is 5.02 Å². The quantitative estimate of drug-likeness (QED) is 0.840. The van der Waals surface area contributed by atoms with Crippen molar-refractivity contribution in [2.24, 2.45) is 5.92 Å². The number of amides is 1. The Morgan fingerprint density at radius 3 is 2.50 bits per heavy atom. The summed E-state index contributed by atoms with van der Waals surface area (Å²) in [6, 6.07) is 15.1. The van der Waals surface area contributed by atoms with Gasteiger partial charge in [-0.3, -0.25) is 9.59 Å². The van der Waals surface area contributed by atoms with E-state index in [1.807, 2.05) is 36.4 Å². The Bertz CT molecular complexity index is 771. The molecule has 0 bridgehead atoms. The molecule has 0 aliphatic carbocycles. The molecule has 0 radical (unpaired) electrons. The van der Waals surface area contributed by atoms with E-state index in [-0.39, 0.29) is 23.5 Å². The van der Waals surface area contributed by atoms with Crippen LogP contribution < -0.4 is 10.1 Å². The molecule has 1 heterocycles. The number of halogens is 1. The Hall–Kier alpha value is -2.33. The molecule has 2 atom stereocenters. The van der Waals surface area contributed by atoms with Crippen LogP contribution in [0.5, 0.6) is 5.75 Å². The molecule has 2 aromatic rings. The second-order valence-electron chi connectivity index (χ2n) is 6.69. The van der Waals surface area contributed by atoms with E-state index in [2.05, 4.69) is 5.32 Å². The monoisotopic (exact) mass is 371 g/mol. The lowest BCUT2D eigenvalue weighted by Gasteiger charge is -2.31. The largest absolute Gasteiger partial charge is 0.497 e. The van der Waals surface area contributed by atoms with Gasteiger partial charge in [-0.2, -0.15) is 0 Å². The molecule has 4 nitrogen and oxygen atoms in total. The van der Waals surface area contributed by atoms with Gasteiger partial charge in [0, 0.05) is 30.8 Å². The first-order valence-electron chi connectivity index (χ1n) is 8.72. The maximum atomic E-state index is 12.6. The lowest BCUT2D eigenvalue weighted by Crippen LogP contribution is -2.40. The maximum Gasteiger partial charge on any atom is 0.220 e. The number of carbonyl (C=O) groups is 2. The first-order chi connectivity index (χ1) is 12.5. The van der Waals surface area contributed by atoms with E-state index in [0.717, 1.165) is 16.9 Å². The third-order valence-electron chi connectivity index (χ3n) is 4.88. The normalized spacial score (nSPS) is 19.7. The van der Waals surface area contributed by atoms with Crippen molar-refractivity contribution in [3.05, 3.63) is 64.7 Å². The standard InChI is InChI=1S/C21H22ClNO3/c1-26-19-8-4-15(5-9-19)20-12-21(25)23-13-16(20)11-18(24)10-14-2-6-17(22)7-3-14/h2-9,16,20H,10-13H2,1H3,(H,23,25)/t16-,20?/m1/s1. The van der Waals surface area contributed by atoms with Gasteiger partial charge in [-0.25, -0.2) is 0 Å². The van der Waals surface area contributed by atoms with Gasteiger partial charge in [0.05, 0.1) is 7.11 Å². The Labute approximate surface area is 158 Å².